The largest absolute Gasteiger partial charge is 0.368 e. The van der Waals surface area contributed by atoms with E-state index >= 15 is 0 Å². The van der Waals surface area contributed by atoms with Crippen LogP contribution in [0, 0.1) is 5.82 Å². The van der Waals surface area contributed by atoms with Crippen LogP contribution in [-0.4, -0.2) is 19.1 Å². The van der Waals surface area contributed by atoms with Gasteiger partial charge in [0.05, 0.1) is 0 Å². The molecule has 0 radical (unpaired) electrons. The maximum absolute atomic E-state index is 14.3. The molecule has 120 valence electrons. The van der Waals surface area contributed by atoms with Crippen molar-refractivity contribution < 1.29 is 4.39 Å². The van der Waals surface area contributed by atoms with Gasteiger partial charge in [-0.15, -0.1) is 0 Å². The van der Waals surface area contributed by atoms with E-state index in [-0.39, 0.29) is 5.82 Å². The summed E-state index contributed by atoms with van der Waals surface area (Å²) < 4.78 is 14.3. The third-order valence-electron chi connectivity index (χ3n) is 4.01. The minimum Gasteiger partial charge on any atom is -0.368 e. The van der Waals surface area contributed by atoms with E-state index in [1.165, 1.54) is 0 Å². The molecule has 0 aliphatic rings. The van der Waals surface area contributed by atoms with Crippen LogP contribution in [0.4, 0.5) is 10.1 Å². The Bertz CT molecular complexity index is 406. The summed E-state index contributed by atoms with van der Waals surface area (Å²) in [6.07, 6.45) is 4.44. The molecule has 2 nitrogen and oxygen atoms in total. The number of hydrogen-bond acceptors (Lipinski definition) is 2. The number of anilines is 1. The van der Waals surface area contributed by atoms with Gasteiger partial charge in [-0.3, -0.25) is 0 Å². The second-order valence-corrected chi connectivity index (χ2v) is 5.72. The van der Waals surface area contributed by atoms with E-state index in [2.05, 4.69) is 44.0 Å². The zero-order valence-corrected chi connectivity index (χ0v) is 14.1. The molecule has 0 aromatic heterocycles. The first-order chi connectivity index (χ1) is 10.2. The van der Waals surface area contributed by atoms with Crippen molar-refractivity contribution in [2.75, 3.05) is 18.0 Å². The van der Waals surface area contributed by atoms with Crippen LogP contribution in [-0.2, 0) is 6.54 Å². The lowest BCUT2D eigenvalue weighted by atomic mass is 10.1. The Balaban J connectivity index is 3.01. The fourth-order valence-corrected chi connectivity index (χ4v) is 2.51. The highest BCUT2D eigenvalue weighted by Crippen LogP contribution is 2.26. The minimum atomic E-state index is -0.0964. The van der Waals surface area contributed by atoms with Gasteiger partial charge in [-0.1, -0.05) is 33.3 Å². The lowest BCUT2D eigenvalue weighted by Crippen LogP contribution is -2.35. The number of nitrogens with zero attached hydrogens (tertiary/aromatic N) is 1. The second-order valence-electron chi connectivity index (χ2n) is 5.72. The third kappa shape index (κ3) is 5.31. The predicted octanol–water partition coefficient (Wildman–Crippen LogP) is 4.73. The highest BCUT2D eigenvalue weighted by atomic mass is 19.1. The Labute approximate surface area is 129 Å². The van der Waals surface area contributed by atoms with Crippen LogP contribution in [0.25, 0.3) is 0 Å². The van der Waals surface area contributed by atoms with Gasteiger partial charge < -0.3 is 10.2 Å². The molecule has 1 atom stereocenters. The van der Waals surface area contributed by atoms with Crippen LogP contribution in [0.1, 0.15) is 58.9 Å². The Morgan fingerprint density at radius 1 is 1.19 bits per heavy atom. The quantitative estimate of drug-likeness (QED) is 0.628. The first-order valence-electron chi connectivity index (χ1n) is 8.40. The van der Waals surface area contributed by atoms with Crippen molar-refractivity contribution in [1.82, 2.24) is 5.32 Å². The first kappa shape index (κ1) is 18.0. The van der Waals surface area contributed by atoms with Gasteiger partial charge in [-0.05, 0) is 44.9 Å². The summed E-state index contributed by atoms with van der Waals surface area (Å²) in [6, 6.07) is 5.90. The fourth-order valence-electron chi connectivity index (χ4n) is 2.51. The summed E-state index contributed by atoms with van der Waals surface area (Å²) in [7, 11) is 0. The van der Waals surface area contributed by atoms with Gasteiger partial charge in [0.2, 0.25) is 0 Å². The van der Waals surface area contributed by atoms with Gasteiger partial charge in [-0.25, -0.2) is 4.39 Å². The molecule has 1 aromatic carbocycles. The van der Waals surface area contributed by atoms with E-state index in [1.807, 2.05) is 6.07 Å². The molecule has 3 heteroatoms. The molecule has 0 bridgehead atoms. The number of halogens is 1. The lowest BCUT2D eigenvalue weighted by molar-refractivity contribution is 0.566. The number of unbranched alkanes of at least 4 members (excludes halogenated alkanes) is 1. The van der Waals surface area contributed by atoms with Crippen LogP contribution in [0.3, 0.4) is 0 Å². The Morgan fingerprint density at radius 2 is 1.95 bits per heavy atom. The Kier molecular flexibility index (Phi) is 8.36. The van der Waals surface area contributed by atoms with Crippen molar-refractivity contribution in [3.63, 3.8) is 0 Å². The van der Waals surface area contributed by atoms with Crippen LogP contribution >= 0.6 is 0 Å². The molecule has 0 saturated carbocycles. The molecule has 1 unspecified atom stereocenters. The molecule has 0 saturated heterocycles. The van der Waals surface area contributed by atoms with Crippen molar-refractivity contribution >= 4 is 5.69 Å². The summed E-state index contributed by atoms with van der Waals surface area (Å²) in [4.78, 5) is 2.37. The van der Waals surface area contributed by atoms with Gasteiger partial charge >= 0.3 is 0 Å². The first-order valence-corrected chi connectivity index (χ1v) is 8.40. The van der Waals surface area contributed by atoms with Gasteiger partial charge in [-0.2, -0.15) is 0 Å². The molecule has 0 aliphatic heterocycles. The maximum atomic E-state index is 14.3. The van der Waals surface area contributed by atoms with Crippen molar-refractivity contribution in [2.24, 2.45) is 0 Å². The van der Waals surface area contributed by atoms with Gasteiger partial charge in [0.15, 0.2) is 0 Å². The van der Waals surface area contributed by atoms with E-state index in [0.717, 1.165) is 50.0 Å². The average Bonchev–Trinajstić information content (AvgIpc) is 2.49. The van der Waals surface area contributed by atoms with Crippen molar-refractivity contribution in [3.8, 4) is 0 Å². The summed E-state index contributed by atoms with van der Waals surface area (Å²) in [6.45, 7) is 11.3. The topological polar surface area (TPSA) is 15.3 Å². The molecular weight excluding hydrogens is 263 g/mol. The van der Waals surface area contributed by atoms with Crippen LogP contribution in [0.5, 0.6) is 0 Å². The number of rotatable bonds is 10. The smallest absolute Gasteiger partial charge is 0.129 e. The fraction of sp³-hybridized carbons (Fsp3) is 0.667. The molecule has 0 amide bonds. The van der Waals surface area contributed by atoms with Crippen molar-refractivity contribution in [1.29, 1.82) is 0 Å². The van der Waals surface area contributed by atoms with Crippen molar-refractivity contribution in [3.05, 3.63) is 29.6 Å². The Hall–Kier alpha value is -1.09. The Morgan fingerprint density at radius 3 is 2.57 bits per heavy atom. The minimum absolute atomic E-state index is 0.0964. The van der Waals surface area contributed by atoms with Gasteiger partial charge in [0, 0.05) is 30.4 Å². The monoisotopic (exact) mass is 294 g/mol. The number of nitrogens with one attached hydrogen (secondary N) is 1. The van der Waals surface area contributed by atoms with Crippen LogP contribution < -0.4 is 10.2 Å². The summed E-state index contributed by atoms with van der Waals surface area (Å²) >= 11 is 0. The number of hydrogen-bond donors (Lipinski definition) is 1. The van der Waals surface area contributed by atoms with E-state index in [0.29, 0.717) is 12.6 Å². The maximum Gasteiger partial charge on any atom is 0.129 e. The summed E-state index contributed by atoms with van der Waals surface area (Å²) in [5.74, 6) is -0.0964. The molecule has 0 fully saturated rings. The third-order valence-corrected chi connectivity index (χ3v) is 4.01. The zero-order chi connectivity index (χ0) is 15.7. The summed E-state index contributed by atoms with van der Waals surface area (Å²) in [5, 5.41) is 3.33. The standard InChI is InChI=1S/C18H31FN2/c1-5-8-13-21(15(4)7-3)18-11-9-10-17(19)16(18)14-20-12-6-2/h9-11,15,20H,5-8,12-14H2,1-4H3. The average molecular weight is 294 g/mol. The molecule has 1 N–H and O–H groups in total. The molecule has 0 aliphatic carbocycles. The lowest BCUT2D eigenvalue weighted by Gasteiger charge is -2.33. The summed E-state index contributed by atoms with van der Waals surface area (Å²) in [5.41, 5.74) is 1.86. The molecule has 1 aromatic rings. The SMILES string of the molecule is CCCCN(c1cccc(F)c1CNCCC)C(C)CC. The number of benzene rings is 1. The zero-order valence-electron chi connectivity index (χ0n) is 14.1. The highest BCUT2D eigenvalue weighted by molar-refractivity contribution is 5.55. The van der Waals surface area contributed by atoms with Crippen LogP contribution in [0.2, 0.25) is 0 Å². The molecular formula is C18H31FN2. The van der Waals surface area contributed by atoms with Gasteiger partial charge in [0.25, 0.3) is 0 Å². The van der Waals surface area contributed by atoms with Crippen molar-refractivity contribution in [2.45, 2.75) is 66.0 Å². The van der Waals surface area contributed by atoms with E-state index in [4.69, 9.17) is 0 Å². The predicted molar refractivity (Wildman–Crippen MR) is 90.4 cm³/mol. The second kappa shape index (κ2) is 9.78. The van der Waals surface area contributed by atoms with E-state index in [1.54, 1.807) is 6.07 Å². The molecule has 1 rings (SSSR count). The van der Waals surface area contributed by atoms with Gasteiger partial charge in [0.1, 0.15) is 5.82 Å². The normalized spacial score (nSPS) is 12.4. The van der Waals surface area contributed by atoms with E-state index < -0.39 is 0 Å². The van der Waals surface area contributed by atoms with E-state index in [9.17, 15) is 4.39 Å². The van der Waals surface area contributed by atoms with Crippen LogP contribution in [0.15, 0.2) is 18.2 Å². The molecule has 0 heterocycles. The highest BCUT2D eigenvalue weighted by Gasteiger charge is 2.18. The molecule has 21 heavy (non-hydrogen) atoms. The molecule has 0 spiro atoms.